The Balaban J connectivity index is 1.97. The molecule has 0 fully saturated rings. The number of likely N-dealkylation sites (N-methyl/N-ethyl adjacent to an activating group) is 1. The van der Waals surface area contributed by atoms with Gasteiger partial charge in [0.1, 0.15) is 0 Å². The van der Waals surface area contributed by atoms with Crippen molar-refractivity contribution in [2.45, 2.75) is 11.8 Å². The maximum absolute atomic E-state index is 12.6. The Labute approximate surface area is 151 Å². The van der Waals surface area contributed by atoms with Crippen LogP contribution in [0.4, 0.5) is 0 Å². The maximum atomic E-state index is 12.6. The minimum atomic E-state index is -3.93. The second-order valence-corrected chi connectivity index (χ2v) is 7.61. The Bertz CT molecular complexity index is 1030. The van der Waals surface area contributed by atoms with E-state index in [4.69, 9.17) is 0 Å². The molecule has 2 aromatic carbocycles. The van der Waals surface area contributed by atoms with E-state index in [1.54, 1.807) is 19.1 Å². The molecule has 0 saturated heterocycles. The third kappa shape index (κ3) is 2.95. The molecule has 0 spiro atoms. The number of hydrazone groups is 1. The molecular weight excluding hydrogens is 354 g/mol. The van der Waals surface area contributed by atoms with Crippen LogP contribution >= 0.6 is 0 Å². The van der Waals surface area contributed by atoms with Crippen molar-refractivity contribution in [2.24, 2.45) is 5.10 Å². The van der Waals surface area contributed by atoms with E-state index in [2.05, 4.69) is 10.5 Å². The van der Waals surface area contributed by atoms with Gasteiger partial charge in [-0.2, -0.15) is 5.10 Å². The number of amides is 1. The molecule has 26 heavy (non-hydrogen) atoms. The van der Waals surface area contributed by atoms with Crippen LogP contribution in [0, 0.1) is 0 Å². The van der Waals surface area contributed by atoms with Crippen LogP contribution in [0.25, 0.3) is 5.76 Å². The number of nitrogens with zero attached hydrogens (tertiary/aromatic N) is 2. The molecule has 0 atom stereocenters. The van der Waals surface area contributed by atoms with E-state index in [0.29, 0.717) is 5.71 Å². The van der Waals surface area contributed by atoms with Crippen LogP contribution in [0.5, 0.6) is 0 Å². The molecule has 0 aliphatic carbocycles. The fraction of sp³-hybridized carbons (Fsp3) is 0.111. The Kier molecular flexibility index (Phi) is 4.52. The number of fused-ring (bicyclic) bond motifs is 1. The lowest BCUT2D eigenvalue weighted by molar-refractivity contribution is -0.118. The Morgan fingerprint density at radius 3 is 2.38 bits per heavy atom. The number of aliphatic hydroxyl groups excluding tert-OH is 1. The van der Waals surface area contributed by atoms with E-state index in [9.17, 15) is 18.3 Å². The van der Waals surface area contributed by atoms with Gasteiger partial charge in [-0.1, -0.05) is 42.5 Å². The first-order chi connectivity index (χ1) is 12.3. The lowest BCUT2D eigenvalue weighted by Gasteiger charge is -2.27. The van der Waals surface area contributed by atoms with Crippen molar-refractivity contribution in [1.82, 2.24) is 9.73 Å². The van der Waals surface area contributed by atoms with Gasteiger partial charge in [0.05, 0.1) is 10.6 Å². The summed E-state index contributed by atoms with van der Waals surface area (Å²) < 4.78 is 25.9. The smallest absolute Gasteiger partial charge is 0.292 e. The highest BCUT2D eigenvalue weighted by molar-refractivity contribution is 7.89. The van der Waals surface area contributed by atoms with Gasteiger partial charge in [0, 0.05) is 12.6 Å². The van der Waals surface area contributed by atoms with Gasteiger partial charge in [0.15, 0.2) is 11.5 Å². The number of rotatable bonds is 3. The van der Waals surface area contributed by atoms with Crippen LogP contribution in [0.15, 0.2) is 70.3 Å². The molecular formula is C18H17N3O4S. The SMILES string of the molecule is C/C(=N\NC(=O)C1=C(O)c2ccccc2S(=O)(=O)N1C)c1ccccc1. The number of nitrogens with one attached hydrogen (secondary N) is 1. The summed E-state index contributed by atoms with van der Waals surface area (Å²) in [5.74, 6) is -1.23. The number of carbonyl (C=O) groups excluding carboxylic acids is 1. The summed E-state index contributed by atoms with van der Waals surface area (Å²) in [5, 5.41) is 14.4. The molecule has 0 aromatic heterocycles. The molecule has 0 unspecified atom stereocenters. The van der Waals surface area contributed by atoms with E-state index in [1.165, 1.54) is 19.2 Å². The fourth-order valence-electron chi connectivity index (χ4n) is 2.61. The summed E-state index contributed by atoms with van der Waals surface area (Å²) in [6.45, 7) is 1.71. The molecule has 2 N–H and O–H groups in total. The molecule has 7 nitrogen and oxygen atoms in total. The summed E-state index contributed by atoms with van der Waals surface area (Å²) in [4.78, 5) is 12.5. The number of hydrogen-bond acceptors (Lipinski definition) is 5. The van der Waals surface area contributed by atoms with Gasteiger partial charge in [-0.25, -0.2) is 13.8 Å². The largest absolute Gasteiger partial charge is 0.505 e. The molecule has 0 saturated carbocycles. The van der Waals surface area contributed by atoms with Crippen LogP contribution in [0.1, 0.15) is 18.1 Å². The number of sulfonamides is 1. The zero-order chi connectivity index (χ0) is 18.9. The summed E-state index contributed by atoms with van der Waals surface area (Å²) in [7, 11) is -2.72. The van der Waals surface area contributed by atoms with E-state index in [0.717, 1.165) is 9.87 Å². The summed E-state index contributed by atoms with van der Waals surface area (Å²) in [5.41, 5.74) is 3.36. The van der Waals surface area contributed by atoms with Crippen molar-refractivity contribution in [2.75, 3.05) is 7.05 Å². The van der Waals surface area contributed by atoms with Gasteiger partial charge in [-0.3, -0.25) is 9.10 Å². The Hall–Kier alpha value is -3.13. The topological polar surface area (TPSA) is 99.1 Å². The zero-order valence-electron chi connectivity index (χ0n) is 14.2. The lowest BCUT2D eigenvalue weighted by Crippen LogP contribution is -2.38. The van der Waals surface area contributed by atoms with Gasteiger partial charge in [0.25, 0.3) is 15.9 Å². The van der Waals surface area contributed by atoms with Crippen LogP contribution in [0.3, 0.4) is 0 Å². The van der Waals surface area contributed by atoms with Gasteiger partial charge < -0.3 is 5.11 Å². The van der Waals surface area contributed by atoms with Crippen molar-refractivity contribution in [3.8, 4) is 0 Å². The highest BCUT2D eigenvalue weighted by Crippen LogP contribution is 2.34. The minimum absolute atomic E-state index is 0.0551. The molecule has 0 bridgehead atoms. The van der Waals surface area contributed by atoms with E-state index < -0.39 is 21.7 Å². The Morgan fingerprint density at radius 1 is 1.08 bits per heavy atom. The van der Waals surface area contributed by atoms with Crippen molar-refractivity contribution < 1.29 is 18.3 Å². The standard InChI is InChI=1S/C18H17N3O4S/c1-12(13-8-4-3-5-9-13)19-20-18(23)16-17(22)14-10-6-7-11-15(14)26(24,25)21(16)2/h3-11,22H,1-2H3,(H,20,23)/b19-12+. The monoisotopic (exact) mass is 371 g/mol. The third-order valence-electron chi connectivity index (χ3n) is 4.05. The fourth-order valence-corrected chi connectivity index (χ4v) is 4.01. The van der Waals surface area contributed by atoms with Gasteiger partial charge in [-0.05, 0) is 24.6 Å². The summed E-state index contributed by atoms with van der Waals surface area (Å²) in [6, 6.07) is 15.2. The van der Waals surface area contributed by atoms with Gasteiger partial charge in [0.2, 0.25) is 0 Å². The normalized spacial score (nSPS) is 16.2. The van der Waals surface area contributed by atoms with Crippen molar-refractivity contribution in [3.05, 3.63) is 71.4 Å². The predicted octanol–water partition coefficient (Wildman–Crippen LogP) is 2.09. The van der Waals surface area contributed by atoms with Crippen molar-refractivity contribution in [3.63, 3.8) is 0 Å². The first-order valence-electron chi connectivity index (χ1n) is 7.75. The van der Waals surface area contributed by atoms with Gasteiger partial charge in [-0.15, -0.1) is 0 Å². The van der Waals surface area contributed by atoms with Crippen molar-refractivity contribution >= 4 is 27.4 Å². The number of aliphatic hydroxyl groups is 1. The van der Waals surface area contributed by atoms with Crippen LogP contribution < -0.4 is 5.43 Å². The first kappa shape index (κ1) is 17.7. The molecule has 3 rings (SSSR count). The minimum Gasteiger partial charge on any atom is -0.505 e. The first-order valence-corrected chi connectivity index (χ1v) is 9.19. The van der Waals surface area contributed by atoms with Crippen LogP contribution in [-0.4, -0.2) is 36.5 Å². The van der Waals surface area contributed by atoms with Crippen LogP contribution in [0.2, 0.25) is 0 Å². The number of benzene rings is 2. The van der Waals surface area contributed by atoms with Crippen molar-refractivity contribution in [1.29, 1.82) is 0 Å². The highest BCUT2D eigenvalue weighted by Gasteiger charge is 2.37. The molecule has 8 heteroatoms. The van der Waals surface area contributed by atoms with E-state index in [-0.39, 0.29) is 16.2 Å². The second-order valence-electron chi connectivity index (χ2n) is 5.67. The summed E-state index contributed by atoms with van der Waals surface area (Å²) in [6.07, 6.45) is 0. The lowest BCUT2D eigenvalue weighted by atomic mass is 10.1. The average Bonchev–Trinajstić information content (AvgIpc) is 2.65. The molecule has 1 aliphatic heterocycles. The van der Waals surface area contributed by atoms with E-state index in [1.807, 2.05) is 30.3 Å². The summed E-state index contributed by atoms with van der Waals surface area (Å²) >= 11 is 0. The molecule has 2 aromatic rings. The van der Waals surface area contributed by atoms with E-state index >= 15 is 0 Å². The third-order valence-corrected chi connectivity index (χ3v) is 5.87. The van der Waals surface area contributed by atoms with Gasteiger partial charge >= 0.3 is 0 Å². The molecule has 0 radical (unpaired) electrons. The Morgan fingerprint density at radius 2 is 1.69 bits per heavy atom. The number of hydrogen-bond donors (Lipinski definition) is 2. The highest BCUT2D eigenvalue weighted by atomic mass is 32.2. The predicted molar refractivity (Wildman–Crippen MR) is 97.7 cm³/mol. The maximum Gasteiger partial charge on any atom is 0.292 e. The molecule has 1 aliphatic rings. The molecule has 1 amide bonds. The average molecular weight is 371 g/mol. The van der Waals surface area contributed by atoms with Crippen LogP contribution in [-0.2, 0) is 14.8 Å². The molecule has 1 heterocycles. The zero-order valence-corrected chi connectivity index (χ0v) is 15.0. The molecule has 134 valence electrons. The second kappa shape index (κ2) is 6.64. The quantitative estimate of drug-likeness (QED) is 0.637. The number of carbonyl (C=O) groups is 1.